The number of carbonyl (C=O) groups is 1. The Balaban J connectivity index is 1.75. The maximum absolute atomic E-state index is 12.9. The fraction of sp³-hybridized carbons (Fsp3) is 0.348. The van der Waals surface area contributed by atoms with Crippen LogP contribution in [0.2, 0.25) is 0 Å². The average Bonchev–Trinajstić information content (AvgIpc) is 3.30. The van der Waals surface area contributed by atoms with Gasteiger partial charge in [-0.15, -0.1) is 0 Å². The van der Waals surface area contributed by atoms with E-state index in [-0.39, 0.29) is 23.4 Å². The first-order chi connectivity index (χ1) is 13.0. The van der Waals surface area contributed by atoms with E-state index in [4.69, 9.17) is 0 Å². The van der Waals surface area contributed by atoms with Crippen LogP contribution in [0, 0.1) is 12.8 Å². The van der Waals surface area contributed by atoms with E-state index >= 15 is 0 Å². The summed E-state index contributed by atoms with van der Waals surface area (Å²) in [6.45, 7) is 6.95. The van der Waals surface area contributed by atoms with Crippen LogP contribution in [0.1, 0.15) is 37.1 Å². The summed E-state index contributed by atoms with van der Waals surface area (Å²) < 4.78 is 0. The van der Waals surface area contributed by atoms with Crippen molar-refractivity contribution in [1.29, 1.82) is 0 Å². The van der Waals surface area contributed by atoms with E-state index in [0.717, 1.165) is 24.2 Å². The van der Waals surface area contributed by atoms with Crippen LogP contribution in [0.4, 0.5) is 5.69 Å². The van der Waals surface area contributed by atoms with Gasteiger partial charge in [-0.05, 0) is 36.6 Å². The molecule has 0 saturated carbocycles. The molecule has 1 aromatic heterocycles. The summed E-state index contributed by atoms with van der Waals surface area (Å²) in [6, 6.07) is 17.0. The third-order valence-electron chi connectivity index (χ3n) is 6.41. The Labute approximate surface area is 159 Å². The molecule has 0 aliphatic carbocycles. The Morgan fingerprint density at radius 2 is 1.89 bits per heavy atom. The number of carbonyl (C=O) groups excluding carboxylic acids is 1. The highest BCUT2D eigenvalue weighted by atomic mass is 16.2. The average molecular weight is 359 g/mol. The van der Waals surface area contributed by atoms with E-state index < -0.39 is 0 Å². The molecule has 1 saturated heterocycles. The van der Waals surface area contributed by atoms with Gasteiger partial charge in [0.2, 0.25) is 5.91 Å². The van der Waals surface area contributed by atoms with Crippen molar-refractivity contribution in [3.8, 4) is 0 Å². The lowest BCUT2D eigenvalue weighted by Gasteiger charge is -2.33. The zero-order valence-electron chi connectivity index (χ0n) is 16.0. The Morgan fingerprint density at radius 3 is 2.67 bits per heavy atom. The molecule has 3 aromatic rings. The van der Waals surface area contributed by atoms with Crippen LogP contribution >= 0.6 is 0 Å². The summed E-state index contributed by atoms with van der Waals surface area (Å²) in [4.78, 5) is 18.7. The topological polar surface area (TPSA) is 48.1 Å². The van der Waals surface area contributed by atoms with Crippen LogP contribution < -0.4 is 5.32 Å². The third kappa shape index (κ3) is 2.07. The van der Waals surface area contributed by atoms with Crippen LogP contribution in [0.25, 0.3) is 10.9 Å². The van der Waals surface area contributed by atoms with E-state index in [0.29, 0.717) is 0 Å². The van der Waals surface area contributed by atoms with Gasteiger partial charge >= 0.3 is 0 Å². The number of likely N-dealkylation sites (tertiary alicyclic amines) is 1. The Bertz CT molecular complexity index is 1050. The number of aromatic nitrogens is 1. The molecule has 27 heavy (non-hydrogen) atoms. The van der Waals surface area contributed by atoms with Gasteiger partial charge in [0.15, 0.2) is 0 Å². The summed E-state index contributed by atoms with van der Waals surface area (Å²) in [5.41, 5.74) is 5.89. The molecule has 2 atom stereocenters. The lowest BCUT2D eigenvalue weighted by molar-refractivity contribution is -0.135. The van der Waals surface area contributed by atoms with Crippen molar-refractivity contribution in [1.82, 2.24) is 9.88 Å². The highest BCUT2D eigenvalue weighted by molar-refractivity contribution is 5.87. The number of hydrogen-bond acceptors (Lipinski definition) is 2. The second kappa shape index (κ2) is 5.62. The predicted octanol–water partition coefficient (Wildman–Crippen LogP) is 4.40. The second-order valence-electron chi connectivity index (χ2n) is 8.17. The fourth-order valence-electron chi connectivity index (χ4n) is 5.15. The first kappa shape index (κ1) is 16.4. The van der Waals surface area contributed by atoms with Gasteiger partial charge in [-0.3, -0.25) is 4.79 Å². The summed E-state index contributed by atoms with van der Waals surface area (Å²) in [6.07, 6.45) is 0.880. The number of rotatable bonds is 2. The number of aromatic amines is 1. The molecule has 0 radical (unpaired) electrons. The monoisotopic (exact) mass is 359 g/mol. The SMILES string of the molecule is Cc1c([C@]23CCN(C(=O)C(C)C)[C@H]2Nc2ccccc23)[nH]c2ccccc12. The minimum absolute atomic E-state index is 0.00452. The van der Waals surface area contributed by atoms with Crippen LogP contribution in [0.5, 0.6) is 0 Å². The standard InChI is InChI=1S/C23H25N3O/c1-14(2)21(27)26-13-12-23(17-9-5-7-11-19(17)25-22(23)26)20-15(3)16-8-4-6-10-18(16)24-20/h4-11,14,22,24-25H,12-13H2,1-3H3/t22-,23-/m1/s1. The maximum Gasteiger partial charge on any atom is 0.226 e. The number of aryl methyl sites for hydroxylation is 1. The number of fused-ring (bicyclic) bond motifs is 4. The molecule has 2 aromatic carbocycles. The zero-order valence-corrected chi connectivity index (χ0v) is 16.0. The van der Waals surface area contributed by atoms with Crippen molar-refractivity contribution in [3.05, 3.63) is 65.4 Å². The van der Waals surface area contributed by atoms with E-state index in [9.17, 15) is 4.79 Å². The highest BCUT2D eigenvalue weighted by Crippen LogP contribution is 2.54. The largest absolute Gasteiger partial charge is 0.364 e. The van der Waals surface area contributed by atoms with Gasteiger partial charge in [-0.25, -0.2) is 0 Å². The van der Waals surface area contributed by atoms with Crippen molar-refractivity contribution in [2.45, 2.75) is 38.8 Å². The first-order valence-corrected chi connectivity index (χ1v) is 9.78. The minimum atomic E-state index is -0.232. The lowest BCUT2D eigenvalue weighted by atomic mass is 9.75. The molecular weight excluding hydrogens is 334 g/mol. The van der Waals surface area contributed by atoms with Gasteiger partial charge in [0.05, 0.1) is 5.41 Å². The molecule has 138 valence electrons. The molecule has 2 aliphatic heterocycles. The van der Waals surface area contributed by atoms with Crippen molar-refractivity contribution in [2.24, 2.45) is 5.92 Å². The summed E-state index contributed by atoms with van der Waals surface area (Å²) in [7, 11) is 0. The molecule has 5 rings (SSSR count). The summed E-state index contributed by atoms with van der Waals surface area (Å²) in [5.74, 6) is 0.214. The second-order valence-corrected chi connectivity index (χ2v) is 8.17. The number of benzene rings is 2. The van der Waals surface area contributed by atoms with E-state index in [1.165, 1.54) is 22.2 Å². The molecule has 2 N–H and O–H groups in total. The third-order valence-corrected chi connectivity index (χ3v) is 6.41. The van der Waals surface area contributed by atoms with Crippen molar-refractivity contribution >= 4 is 22.5 Å². The van der Waals surface area contributed by atoms with Gasteiger partial charge in [0.25, 0.3) is 0 Å². The van der Waals surface area contributed by atoms with E-state index in [1.54, 1.807) is 0 Å². The number of amides is 1. The summed E-state index contributed by atoms with van der Waals surface area (Å²) in [5, 5.41) is 4.94. The fourth-order valence-corrected chi connectivity index (χ4v) is 5.15. The molecule has 3 heterocycles. The van der Waals surface area contributed by atoms with Gasteiger partial charge in [-0.1, -0.05) is 50.2 Å². The van der Waals surface area contributed by atoms with Crippen LogP contribution in [-0.4, -0.2) is 28.5 Å². The van der Waals surface area contributed by atoms with Crippen LogP contribution in [-0.2, 0) is 10.2 Å². The molecule has 0 unspecified atom stereocenters. The first-order valence-electron chi connectivity index (χ1n) is 9.78. The molecule has 1 fully saturated rings. The summed E-state index contributed by atoms with van der Waals surface area (Å²) >= 11 is 0. The molecule has 4 heteroatoms. The van der Waals surface area contributed by atoms with E-state index in [1.807, 2.05) is 13.8 Å². The highest BCUT2D eigenvalue weighted by Gasteiger charge is 2.57. The normalized spacial score (nSPS) is 23.6. The maximum atomic E-state index is 12.9. The Kier molecular flexibility index (Phi) is 3.42. The minimum Gasteiger partial charge on any atom is -0.364 e. The van der Waals surface area contributed by atoms with Crippen LogP contribution in [0.3, 0.4) is 0 Å². The quantitative estimate of drug-likeness (QED) is 0.712. The molecule has 4 nitrogen and oxygen atoms in total. The number of anilines is 1. The smallest absolute Gasteiger partial charge is 0.226 e. The number of nitrogens with zero attached hydrogens (tertiary/aromatic N) is 1. The zero-order chi connectivity index (χ0) is 18.8. The lowest BCUT2D eigenvalue weighted by Crippen LogP contribution is -2.48. The Hall–Kier alpha value is -2.75. The van der Waals surface area contributed by atoms with Crippen molar-refractivity contribution in [3.63, 3.8) is 0 Å². The molecule has 2 aliphatic rings. The van der Waals surface area contributed by atoms with Crippen LogP contribution in [0.15, 0.2) is 48.5 Å². The van der Waals surface area contributed by atoms with Gasteiger partial charge < -0.3 is 15.2 Å². The number of H-pyrrole nitrogens is 1. The number of hydrogen-bond donors (Lipinski definition) is 2. The van der Waals surface area contributed by atoms with E-state index in [2.05, 4.69) is 70.7 Å². The number of para-hydroxylation sites is 2. The van der Waals surface area contributed by atoms with Crippen molar-refractivity contribution in [2.75, 3.05) is 11.9 Å². The molecule has 1 amide bonds. The molecule has 0 bridgehead atoms. The van der Waals surface area contributed by atoms with Gasteiger partial charge in [-0.2, -0.15) is 0 Å². The molecule has 0 spiro atoms. The molecular formula is C23H25N3O. The number of nitrogens with one attached hydrogen (secondary N) is 2. The van der Waals surface area contributed by atoms with Crippen molar-refractivity contribution < 1.29 is 4.79 Å². The predicted molar refractivity (Wildman–Crippen MR) is 109 cm³/mol. The van der Waals surface area contributed by atoms with Gasteiger partial charge in [0.1, 0.15) is 6.17 Å². The van der Waals surface area contributed by atoms with Gasteiger partial charge in [0, 0.05) is 34.7 Å². The Morgan fingerprint density at radius 1 is 1.15 bits per heavy atom.